The lowest BCUT2D eigenvalue weighted by molar-refractivity contribution is 1.04. The van der Waals surface area contributed by atoms with Gasteiger partial charge in [0.2, 0.25) is 0 Å². The Labute approximate surface area is 87.9 Å². The molecule has 0 atom stereocenters. The van der Waals surface area contributed by atoms with Gasteiger partial charge in [0, 0.05) is 23.7 Å². The fourth-order valence-electron chi connectivity index (χ4n) is 1.83. The molecule has 0 fully saturated rings. The molecule has 2 aromatic rings. The summed E-state index contributed by atoms with van der Waals surface area (Å²) in [4.78, 5) is 15.2. The van der Waals surface area contributed by atoms with Crippen LogP contribution in [-0.4, -0.2) is 4.98 Å². The number of fused-ring (bicyclic) bond motifs is 1. The van der Waals surface area contributed by atoms with Gasteiger partial charge in [0.25, 0.3) is 0 Å². The van der Waals surface area contributed by atoms with Crippen LogP contribution in [0.25, 0.3) is 10.9 Å². The molecule has 3 nitrogen and oxygen atoms in total. The van der Waals surface area contributed by atoms with Crippen LogP contribution in [0.2, 0.25) is 0 Å². The minimum absolute atomic E-state index is 0.0486. The van der Waals surface area contributed by atoms with Crippen molar-refractivity contribution in [2.75, 3.05) is 0 Å². The highest BCUT2D eigenvalue weighted by Gasteiger charge is 2.07. The molecule has 0 aliphatic rings. The molecule has 3 N–H and O–H groups in total. The summed E-state index contributed by atoms with van der Waals surface area (Å²) >= 11 is 0. The number of rotatable bonds is 1. The second-order valence-corrected chi connectivity index (χ2v) is 3.80. The van der Waals surface area contributed by atoms with Crippen molar-refractivity contribution < 1.29 is 0 Å². The third-order valence-electron chi connectivity index (χ3n) is 2.75. The number of aromatic amines is 1. The fraction of sp³-hybridized carbons (Fsp3) is 0.250. The highest BCUT2D eigenvalue weighted by atomic mass is 16.1. The number of hydrogen-bond acceptors (Lipinski definition) is 2. The van der Waals surface area contributed by atoms with Crippen molar-refractivity contribution in [3.63, 3.8) is 0 Å². The van der Waals surface area contributed by atoms with Gasteiger partial charge < -0.3 is 10.7 Å². The van der Waals surface area contributed by atoms with Gasteiger partial charge in [0.05, 0.1) is 5.52 Å². The highest BCUT2D eigenvalue weighted by Crippen LogP contribution is 2.16. The Morgan fingerprint density at radius 2 is 1.93 bits per heavy atom. The van der Waals surface area contributed by atoms with Crippen molar-refractivity contribution in [3.8, 4) is 0 Å². The highest BCUT2D eigenvalue weighted by molar-refractivity contribution is 5.85. The molecule has 78 valence electrons. The second-order valence-electron chi connectivity index (χ2n) is 3.80. The summed E-state index contributed by atoms with van der Waals surface area (Å²) in [6.07, 6.45) is 1.71. The smallest absolute Gasteiger partial charge is 0.194 e. The molecule has 0 aliphatic carbocycles. The van der Waals surface area contributed by atoms with E-state index in [1.54, 1.807) is 6.20 Å². The van der Waals surface area contributed by atoms with Crippen molar-refractivity contribution in [2.24, 2.45) is 5.73 Å². The van der Waals surface area contributed by atoms with Gasteiger partial charge in [0.1, 0.15) is 0 Å². The van der Waals surface area contributed by atoms with Crippen molar-refractivity contribution >= 4 is 10.9 Å². The van der Waals surface area contributed by atoms with E-state index in [-0.39, 0.29) is 12.0 Å². The molecule has 0 bridgehead atoms. The van der Waals surface area contributed by atoms with E-state index in [9.17, 15) is 4.79 Å². The molecule has 15 heavy (non-hydrogen) atoms. The molecule has 2 rings (SSSR count). The maximum Gasteiger partial charge on any atom is 0.194 e. The van der Waals surface area contributed by atoms with Gasteiger partial charge in [-0.25, -0.2) is 0 Å². The normalized spacial score (nSPS) is 10.9. The number of nitrogens with one attached hydrogen (secondary N) is 1. The Bertz CT molecular complexity index is 570. The summed E-state index contributed by atoms with van der Waals surface area (Å²) in [6.45, 7) is 4.20. The minimum Gasteiger partial charge on any atom is -0.360 e. The third-order valence-corrected chi connectivity index (χ3v) is 2.75. The summed E-state index contributed by atoms with van der Waals surface area (Å²) in [7, 11) is 0. The second kappa shape index (κ2) is 3.51. The van der Waals surface area contributed by atoms with Crippen molar-refractivity contribution in [3.05, 3.63) is 45.2 Å². The number of nitrogens with two attached hydrogens (primary N) is 1. The maximum absolute atomic E-state index is 12.0. The quantitative estimate of drug-likeness (QED) is 0.738. The van der Waals surface area contributed by atoms with E-state index >= 15 is 0 Å². The average Bonchev–Trinajstić information content (AvgIpc) is 2.23. The first-order valence-electron chi connectivity index (χ1n) is 4.95. The Balaban J connectivity index is 2.99. The van der Waals surface area contributed by atoms with Crippen LogP contribution < -0.4 is 11.2 Å². The number of H-pyrrole nitrogens is 1. The van der Waals surface area contributed by atoms with Gasteiger partial charge in [-0.05, 0) is 25.0 Å². The Morgan fingerprint density at radius 3 is 2.60 bits per heavy atom. The third kappa shape index (κ3) is 1.45. The van der Waals surface area contributed by atoms with Crippen molar-refractivity contribution in [1.82, 2.24) is 4.98 Å². The zero-order chi connectivity index (χ0) is 11.0. The van der Waals surface area contributed by atoms with E-state index in [1.807, 2.05) is 26.0 Å². The van der Waals surface area contributed by atoms with Crippen LogP contribution in [0, 0.1) is 13.8 Å². The zero-order valence-electron chi connectivity index (χ0n) is 8.92. The summed E-state index contributed by atoms with van der Waals surface area (Å²) in [5, 5.41) is 0.762. The van der Waals surface area contributed by atoms with Crippen LogP contribution in [0.5, 0.6) is 0 Å². The maximum atomic E-state index is 12.0. The predicted molar refractivity (Wildman–Crippen MR) is 61.9 cm³/mol. The van der Waals surface area contributed by atoms with Crippen LogP contribution in [-0.2, 0) is 6.54 Å². The first kappa shape index (κ1) is 9.93. The van der Waals surface area contributed by atoms with Gasteiger partial charge in [-0.15, -0.1) is 0 Å². The lowest BCUT2D eigenvalue weighted by atomic mass is 10.0. The monoisotopic (exact) mass is 202 g/mol. The van der Waals surface area contributed by atoms with Gasteiger partial charge in [-0.1, -0.05) is 12.1 Å². The lowest BCUT2D eigenvalue weighted by Gasteiger charge is -2.06. The van der Waals surface area contributed by atoms with E-state index in [1.165, 1.54) is 0 Å². The molecule has 0 saturated heterocycles. The lowest BCUT2D eigenvalue weighted by Crippen LogP contribution is -2.15. The van der Waals surface area contributed by atoms with Gasteiger partial charge in [0.15, 0.2) is 5.43 Å². The summed E-state index contributed by atoms with van der Waals surface area (Å²) in [5.41, 5.74) is 9.18. The molecular weight excluding hydrogens is 188 g/mol. The molecule has 0 amide bonds. The van der Waals surface area contributed by atoms with E-state index in [4.69, 9.17) is 5.73 Å². The Hall–Kier alpha value is -1.61. The molecule has 3 heteroatoms. The first-order valence-corrected chi connectivity index (χ1v) is 4.95. The van der Waals surface area contributed by atoms with Crippen LogP contribution in [0.15, 0.2) is 23.1 Å². The standard InChI is InChI=1S/C12H14N2O/c1-7-3-4-8(2)11-10(7)12(15)9(5-13)6-14-11/h3-4,6H,5,13H2,1-2H3,(H,14,15). The molecule has 0 radical (unpaired) electrons. The summed E-state index contributed by atoms with van der Waals surface area (Å²) in [5.74, 6) is 0. The summed E-state index contributed by atoms with van der Waals surface area (Å²) in [6, 6.07) is 3.98. The minimum atomic E-state index is 0.0486. The molecule has 0 unspecified atom stereocenters. The predicted octanol–water partition coefficient (Wildman–Crippen LogP) is 1.60. The fourth-order valence-corrected chi connectivity index (χ4v) is 1.83. The molecule has 0 saturated carbocycles. The Morgan fingerprint density at radius 1 is 1.27 bits per heavy atom. The van der Waals surface area contributed by atoms with E-state index in [0.29, 0.717) is 5.56 Å². The SMILES string of the molecule is Cc1ccc(C)c2c(=O)c(CN)c[nH]c12. The summed E-state index contributed by atoms with van der Waals surface area (Å²) < 4.78 is 0. The number of hydrogen-bond donors (Lipinski definition) is 2. The first-order chi connectivity index (χ1) is 7.15. The zero-order valence-corrected chi connectivity index (χ0v) is 8.92. The van der Waals surface area contributed by atoms with Crippen LogP contribution >= 0.6 is 0 Å². The van der Waals surface area contributed by atoms with E-state index < -0.39 is 0 Å². The number of aryl methyl sites for hydroxylation is 2. The number of aromatic nitrogens is 1. The van der Waals surface area contributed by atoms with E-state index in [2.05, 4.69) is 4.98 Å². The molecule has 1 heterocycles. The van der Waals surface area contributed by atoms with Crippen LogP contribution in [0.1, 0.15) is 16.7 Å². The molecule has 0 spiro atoms. The van der Waals surface area contributed by atoms with Crippen molar-refractivity contribution in [1.29, 1.82) is 0 Å². The molecule has 1 aromatic heterocycles. The van der Waals surface area contributed by atoms with Gasteiger partial charge in [-0.3, -0.25) is 4.79 Å². The van der Waals surface area contributed by atoms with Gasteiger partial charge in [-0.2, -0.15) is 0 Å². The van der Waals surface area contributed by atoms with Crippen LogP contribution in [0.3, 0.4) is 0 Å². The average molecular weight is 202 g/mol. The Kier molecular flexibility index (Phi) is 2.32. The molecule has 0 aliphatic heterocycles. The number of benzene rings is 1. The number of pyridine rings is 1. The molecule has 1 aromatic carbocycles. The van der Waals surface area contributed by atoms with Crippen LogP contribution in [0.4, 0.5) is 0 Å². The van der Waals surface area contributed by atoms with Gasteiger partial charge >= 0.3 is 0 Å². The molecular formula is C12H14N2O. The topological polar surface area (TPSA) is 58.9 Å². The van der Waals surface area contributed by atoms with E-state index in [0.717, 1.165) is 22.0 Å². The largest absolute Gasteiger partial charge is 0.360 e. The van der Waals surface area contributed by atoms with Crippen molar-refractivity contribution in [2.45, 2.75) is 20.4 Å².